The molecular formula is C21H18O8. The molecule has 3 heterocycles. The second-order valence-corrected chi connectivity index (χ2v) is 7.05. The molecule has 0 amide bonds. The highest BCUT2D eigenvalue weighted by Crippen LogP contribution is 2.42. The summed E-state index contributed by atoms with van der Waals surface area (Å²) in [4.78, 5) is 25.1. The Labute approximate surface area is 165 Å². The Kier molecular flexibility index (Phi) is 4.56. The van der Waals surface area contributed by atoms with Crippen molar-refractivity contribution < 1.29 is 38.4 Å². The fraction of sp³-hybridized carbons (Fsp3) is 0.333. The fourth-order valence-electron chi connectivity index (χ4n) is 3.89. The van der Waals surface area contributed by atoms with Crippen molar-refractivity contribution in [3.63, 3.8) is 0 Å². The van der Waals surface area contributed by atoms with Crippen molar-refractivity contribution in [1.29, 1.82) is 0 Å². The van der Waals surface area contributed by atoms with E-state index in [1.807, 2.05) is 0 Å². The van der Waals surface area contributed by atoms with E-state index >= 15 is 0 Å². The maximum Gasteiger partial charge on any atom is 0.338 e. The molecule has 4 bridgehead atoms. The van der Waals surface area contributed by atoms with Crippen LogP contribution in [0.15, 0.2) is 60.7 Å². The molecule has 0 spiro atoms. The van der Waals surface area contributed by atoms with Gasteiger partial charge in [-0.1, -0.05) is 36.4 Å². The molecule has 1 saturated carbocycles. The minimum absolute atomic E-state index is 0.352. The van der Waals surface area contributed by atoms with Gasteiger partial charge in [-0.2, -0.15) is 0 Å². The zero-order chi connectivity index (χ0) is 20.0. The molecule has 1 aliphatic carbocycles. The molecule has 6 rings (SSSR count). The number of esters is 2. The van der Waals surface area contributed by atoms with Gasteiger partial charge in [0.25, 0.3) is 6.48 Å². The summed E-state index contributed by atoms with van der Waals surface area (Å²) in [6, 6.07) is 16.9. The van der Waals surface area contributed by atoms with Crippen LogP contribution >= 0.6 is 0 Å². The van der Waals surface area contributed by atoms with E-state index in [0.29, 0.717) is 11.1 Å². The topological polar surface area (TPSA) is 101 Å². The van der Waals surface area contributed by atoms with Gasteiger partial charge in [-0.3, -0.25) is 0 Å². The van der Waals surface area contributed by atoms with Gasteiger partial charge in [-0.15, -0.1) is 0 Å². The normalized spacial score (nSPS) is 34.6. The lowest BCUT2D eigenvalue weighted by Gasteiger charge is -2.56. The predicted molar refractivity (Wildman–Crippen MR) is 95.7 cm³/mol. The second kappa shape index (κ2) is 7.23. The molecule has 4 aliphatic rings. The number of benzene rings is 2. The van der Waals surface area contributed by atoms with Crippen LogP contribution in [0.2, 0.25) is 0 Å². The van der Waals surface area contributed by atoms with Crippen molar-refractivity contribution in [2.45, 2.75) is 43.1 Å². The van der Waals surface area contributed by atoms with Crippen LogP contribution in [0.1, 0.15) is 20.7 Å². The molecule has 4 unspecified atom stereocenters. The first-order valence-corrected chi connectivity index (χ1v) is 9.28. The molecule has 1 N–H and O–H groups in total. The van der Waals surface area contributed by atoms with Gasteiger partial charge in [-0.25, -0.2) is 9.59 Å². The monoisotopic (exact) mass is 398 g/mol. The average Bonchev–Trinajstić information content (AvgIpc) is 2.76. The molecule has 8 heteroatoms. The van der Waals surface area contributed by atoms with E-state index in [2.05, 4.69) is 0 Å². The van der Waals surface area contributed by atoms with Gasteiger partial charge < -0.3 is 28.8 Å². The smallest absolute Gasteiger partial charge is 0.338 e. The highest BCUT2D eigenvalue weighted by atomic mass is 16.9. The molecule has 2 aromatic rings. The zero-order valence-corrected chi connectivity index (χ0v) is 15.1. The SMILES string of the molecule is O=C(OC1C2OC3OC(C2O)C(OC(=O)c2ccccc2)C1O3)c1ccccc1. The zero-order valence-electron chi connectivity index (χ0n) is 15.1. The van der Waals surface area contributed by atoms with E-state index in [1.54, 1.807) is 60.7 Å². The van der Waals surface area contributed by atoms with Crippen molar-refractivity contribution in [1.82, 2.24) is 0 Å². The highest BCUT2D eigenvalue weighted by Gasteiger charge is 2.64. The summed E-state index contributed by atoms with van der Waals surface area (Å²) < 4.78 is 27.9. The van der Waals surface area contributed by atoms with Crippen LogP contribution < -0.4 is 0 Å². The van der Waals surface area contributed by atoms with E-state index in [1.165, 1.54) is 0 Å². The summed E-state index contributed by atoms with van der Waals surface area (Å²) >= 11 is 0. The number of hydrogen-bond donors (Lipinski definition) is 1. The standard InChI is InChI=1S/C21H18O8/c22-13-14-16(25-19(23)11-7-3-1-4-8-11)18-17(15(13)28-21(27-14)29-18)26-20(24)12-9-5-2-6-10-12/h1-10,13-18,21-22H. The first-order valence-electron chi connectivity index (χ1n) is 9.28. The molecule has 0 radical (unpaired) electrons. The molecule has 0 aromatic heterocycles. The molecule has 150 valence electrons. The lowest BCUT2D eigenvalue weighted by Crippen LogP contribution is -2.76. The number of aliphatic hydroxyl groups is 1. The van der Waals surface area contributed by atoms with Gasteiger partial charge in [0, 0.05) is 0 Å². The summed E-state index contributed by atoms with van der Waals surface area (Å²) in [5.74, 6) is -1.17. The number of rotatable bonds is 4. The molecule has 2 aromatic carbocycles. The van der Waals surface area contributed by atoms with Gasteiger partial charge in [0.05, 0.1) is 11.1 Å². The van der Waals surface area contributed by atoms with Gasteiger partial charge in [0.2, 0.25) is 0 Å². The Balaban J connectivity index is 1.38. The third-order valence-electron chi connectivity index (χ3n) is 5.28. The quantitative estimate of drug-likeness (QED) is 0.769. The lowest BCUT2D eigenvalue weighted by molar-refractivity contribution is -0.479. The van der Waals surface area contributed by atoms with Crippen LogP contribution in [-0.2, 0) is 23.7 Å². The molecule has 3 saturated heterocycles. The minimum Gasteiger partial charge on any atom is -0.453 e. The third kappa shape index (κ3) is 3.20. The van der Waals surface area contributed by atoms with Crippen LogP contribution in [0.25, 0.3) is 0 Å². The maximum atomic E-state index is 12.5. The summed E-state index contributed by atoms with van der Waals surface area (Å²) in [5.41, 5.74) is 0.703. The maximum absolute atomic E-state index is 12.5. The Morgan fingerprint density at radius 1 is 0.690 bits per heavy atom. The van der Waals surface area contributed by atoms with Gasteiger partial charge >= 0.3 is 11.9 Å². The van der Waals surface area contributed by atoms with Crippen LogP contribution in [0, 0.1) is 0 Å². The fourth-order valence-corrected chi connectivity index (χ4v) is 3.89. The average molecular weight is 398 g/mol. The number of carbonyl (C=O) groups is 2. The van der Waals surface area contributed by atoms with Crippen LogP contribution in [0.5, 0.6) is 0 Å². The molecule has 4 fully saturated rings. The van der Waals surface area contributed by atoms with Crippen LogP contribution in [0.4, 0.5) is 0 Å². The summed E-state index contributed by atoms with van der Waals surface area (Å²) in [6.45, 7) is -1.00. The Morgan fingerprint density at radius 2 is 1.10 bits per heavy atom. The van der Waals surface area contributed by atoms with Crippen LogP contribution in [0.3, 0.4) is 0 Å². The van der Waals surface area contributed by atoms with Crippen molar-refractivity contribution in [2.75, 3.05) is 0 Å². The molecule has 3 aliphatic heterocycles. The van der Waals surface area contributed by atoms with Gasteiger partial charge in [0.15, 0.2) is 12.2 Å². The Bertz CT molecular complexity index is 830. The van der Waals surface area contributed by atoms with E-state index in [-0.39, 0.29) is 0 Å². The number of aliphatic hydroxyl groups excluding tert-OH is 1. The summed E-state index contributed by atoms with van der Waals surface area (Å²) in [7, 11) is 0. The minimum atomic E-state index is -1.14. The summed E-state index contributed by atoms with van der Waals surface area (Å²) in [6.07, 6.45) is -5.55. The number of ether oxygens (including phenoxy) is 5. The van der Waals surface area contributed by atoms with E-state index in [4.69, 9.17) is 23.7 Å². The highest BCUT2D eigenvalue weighted by molar-refractivity contribution is 5.90. The van der Waals surface area contributed by atoms with Crippen molar-refractivity contribution in [2.24, 2.45) is 0 Å². The van der Waals surface area contributed by atoms with Crippen molar-refractivity contribution in [3.05, 3.63) is 71.8 Å². The largest absolute Gasteiger partial charge is 0.453 e. The summed E-state index contributed by atoms with van der Waals surface area (Å²) in [5, 5.41) is 10.6. The number of carbonyl (C=O) groups excluding carboxylic acids is 2. The first-order chi connectivity index (χ1) is 14.1. The Morgan fingerprint density at radius 3 is 1.55 bits per heavy atom. The van der Waals surface area contributed by atoms with Crippen molar-refractivity contribution in [3.8, 4) is 0 Å². The molecule has 8 nitrogen and oxygen atoms in total. The first kappa shape index (κ1) is 18.3. The molecular weight excluding hydrogens is 380 g/mol. The number of hydrogen-bond acceptors (Lipinski definition) is 8. The van der Waals surface area contributed by atoms with Crippen molar-refractivity contribution >= 4 is 11.9 Å². The predicted octanol–water partition coefficient (Wildman–Crippen LogP) is 1.28. The lowest BCUT2D eigenvalue weighted by atomic mass is 9.82. The van der Waals surface area contributed by atoms with Crippen LogP contribution in [-0.4, -0.2) is 60.1 Å². The van der Waals surface area contributed by atoms with E-state index < -0.39 is 55.0 Å². The van der Waals surface area contributed by atoms with E-state index in [0.717, 1.165) is 0 Å². The van der Waals surface area contributed by atoms with Gasteiger partial charge in [0.1, 0.15) is 24.4 Å². The van der Waals surface area contributed by atoms with E-state index in [9.17, 15) is 14.7 Å². The Hall–Kier alpha value is -2.78. The second-order valence-electron chi connectivity index (χ2n) is 7.05. The van der Waals surface area contributed by atoms with Gasteiger partial charge in [-0.05, 0) is 24.3 Å². The molecule has 4 atom stereocenters. The molecule has 29 heavy (non-hydrogen) atoms. The third-order valence-corrected chi connectivity index (χ3v) is 5.28.